The van der Waals surface area contributed by atoms with E-state index in [0.717, 1.165) is 5.56 Å². The summed E-state index contributed by atoms with van der Waals surface area (Å²) in [6.45, 7) is 4.35. The fraction of sp³-hybridized carbons (Fsp3) is 0.267. The Kier molecular flexibility index (Phi) is 3.41. The highest BCUT2D eigenvalue weighted by Crippen LogP contribution is 2.35. The molecule has 0 unspecified atom stereocenters. The van der Waals surface area contributed by atoms with Crippen molar-refractivity contribution in [3.8, 4) is 11.3 Å². The lowest BCUT2D eigenvalue weighted by Gasteiger charge is -2.19. The second-order valence-electron chi connectivity index (χ2n) is 5.40. The first-order valence-electron chi connectivity index (χ1n) is 6.72. The number of aromatic nitrogens is 1. The van der Waals surface area contributed by atoms with Crippen LogP contribution >= 0.6 is 11.6 Å². The van der Waals surface area contributed by atoms with E-state index in [-0.39, 0.29) is 17.6 Å². The predicted molar refractivity (Wildman–Crippen MR) is 78.9 cm³/mol. The van der Waals surface area contributed by atoms with Crippen molar-refractivity contribution in [1.82, 2.24) is 10.1 Å². The van der Waals surface area contributed by atoms with Crippen LogP contribution in [-0.2, 0) is 6.54 Å². The van der Waals surface area contributed by atoms with Crippen molar-refractivity contribution < 1.29 is 19.2 Å². The van der Waals surface area contributed by atoms with Gasteiger partial charge in [0.05, 0.1) is 10.6 Å². The number of hydrogen-bond acceptors (Lipinski definition) is 4. The van der Waals surface area contributed by atoms with Gasteiger partial charge in [-0.2, -0.15) is 0 Å². The zero-order valence-corrected chi connectivity index (χ0v) is 12.7. The molecule has 22 heavy (non-hydrogen) atoms. The SMILES string of the molecule is CC(C)N1Cc2cc(-c3cc(C(=O)O)no3)cc(Cl)c2C1=O. The van der Waals surface area contributed by atoms with Crippen LogP contribution in [0.4, 0.5) is 0 Å². The summed E-state index contributed by atoms with van der Waals surface area (Å²) in [5.74, 6) is -0.952. The minimum atomic E-state index is -1.16. The van der Waals surface area contributed by atoms with Crippen LogP contribution in [0.1, 0.15) is 40.3 Å². The zero-order valence-electron chi connectivity index (χ0n) is 12.0. The largest absolute Gasteiger partial charge is 0.476 e. The number of carbonyl (C=O) groups is 2. The second-order valence-corrected chi connectivity index (χ2v) is 5.81. The molecule has 0 saturated carbocycles. The number of carbonyl (C=O) groups excluding carboxylic acids is 1. The third-order valence-electron chi connectivity index (χ3n) is 3.62. The molecule has 1 aliphatic rings. The number of aromatic carboxylic acids is 1. The molecule has 1 N–H and O–H groups in total. The maximum atomic E-state index is 12.3. The first kappa shape index (κ1) is 14.6. The predicted octanol–water partition coefficient (Wildman–Crippen LogP) is 3.06. The summed E-state index contributed by atoms with van der Waals surface area (Å²) in [6, 6.07) is 4.78. The van der Waals surface area contributed by atoms with E-state index in [0.29, 0.717) is 28.5 Å². The summed E-state index contributed by atoms with van der Waals surface area (Å²) in [5, 5.41) is 12.7. The third kappa shape index (κ3) is 2.25. The highest BCUT2D eigenvalue weighted by Gasteiger charge is 2.32. The van der Waals surface area contributed by atoms with E-state index in [1.165, 1.54) is 6.07 Å². The van der Waals surface area contributed by atoms with Crippen molar-refractivity contribution in [3.63, 3.8) is 0 Å². The molecule has 3 rings (SSSR count). The Morgan fingerprint density at radius 3 is 2.73 bits per heavy atom. The monoisotopic (exact) mass is 320 g/mol. The molecule has 0 radical (unpaired) electrons. The highest BCUT2D eigenvalue weighted by atomic mass is 35.5. The Bertz CT molecular complexity index is 782. The van der Waals surface area contributed by atoms with Gasteiger partial charge >= 0.3 is 5.97 Å². The molecule has 1 aromatic heterocycles. The molecule has 114 valence electrons. The minimum Gasteiger partial charge on any atom is -0.476 e. The molecule has 1 aromatic carbocycles. The molecule has 0 atom stereocenters. The smallest absolute Gasteiger partial charge is 0.358 e. The average molecular weight is 321 g/mol. The lowest BCUT2D eigenvalue weighted by Crippen LogP contribution is -2.30. The molecule has 6 nitrogen and oxygen atoms in total. The van der Waals surface area contributed by atoms with E-state index in [9.17, 15) is 9.59 Å². The first-order valence-corrected chi connectivity index (χ1v) is 7.10. The van der Waals surface area contributed by atoms with Crippen molar-refractivity contribution in [2.75, 3.05) is 0 Å². The molecular formula is C15H13ClN2O4. The summed E-state index contributed by atoms with van der Waals surface area (Å²) < 4.78 is 5.04. The van der Waals surface area contributed by atoms with Crippen LogP contribution in [0.5, 0.6) is 0 Å². The van der Waals surface area contributed by atoms with Crippen LogP contribution in [-0.4, -0.2) is 33.1 Å². The second kappa shape index (κ2) is 5.14. The van der Waals surface area contributed by atoms with Gasteiger partial charge in [-0.05, 0) is 31.5 Å². The van der Waals surface area contributed by atoms with Gasteiger partial charge in [0.1, 0.15) is 0 Å². The van der Waals surface area contributed by atoms with Crippen molar-refractivity contribution in [3.05, 3.63) is 40.0 Å². The molecule has 0 aliphatic carbocycles. The Balaban J connectivity index is 2.04. The number of benzene rings is 1. The zero-order chi connectivity index (χ0) is 16.0. The van der Waals surface area contributed by atoms with Crippen LogP contribution in [0.2, 0.25) is 5.02 Å². The number of carboxylic acid groups (broad SMARTS) is 1. The maximum absolute atomic E-state index is 12.3. The Morgan fingerprint density at radius 1 is 1.41 bits per heavy atom. The van der Waals surface area contributed by atoms with E-state index in [4.69, 9.17) is 21.2 Å². The standard InChI is InChI=1S/C15H13ClN2O4/c1-7(2)18-6-9-3-8(4-10(16)13(9)14(18)19)12-5-11(15(20)21)17-22-12/h3-5,7H,6H2,1-2H3,(H,20,21). The fourth-order valence-electron chi connectivity index (χ4n) is 2.50. The Hall–Kier alpha value is -2.34. The summed E-state index contributed by atoms with van der Waals surface area (Å²) in [6.07, 6.45) is 0. The molecule has 0 bridgehead atoms. The molecule has 0 fully saturated rings. The highest BCUT2D eigenvalue weighted by molar-refractivity contribution is 6.34. The van der Waals surface area contributed by atoms with Gasteiger partial charge in [0.2, 0.25) is 0 Å². The van der Waals surface area contributed by atoms with E-state index >= 15 is 0 Å². The van der Waals surface area contributed by atoms with E-state index in [1.807, 2.05) is 13.8 Å². The number of amides is 1. The Labute approximate surface area is 131 Å². The van der Waals surface area contributed by atoms with Crippen LogP contribution in [0, 0.1) is 0 Å². The minimum absolute atomic E-state index is 0.0725. The number of carboxylic acids is 1. The molecule has 0 saturated heterocycles. The molecule has 0 spiro atoms. The van der Waals surface area contributed by atoms with Crippen LogP contribution in [0.25, 0.3) is 11.3 Å². The number of rotatable bonds is 3. The van der Waals surface area contributed by atoms with Gasteiger partial charge in [-0.3, -0.25) is 4.79 Å². The van der Waals surface area contributed by atoms with Gasteiger partial charge in [-0.25, -0.2) is 4.79 Å². The van der Waals surface area contributed by atoms with Gasteiger partial charge in [-0.1, -0.05) is 16.8 Å². The van der Waals surface area contributed by atoms with Crippen molar-refractivity contribution in [1.29, 1.82) is 0 Å². The van der Waals surface area contributed by atoms with E-state index in [2.05, 4.69) is 5.16 Å². The third-order valence-corrected chi connectivity index (χ3v) is 3.92. The normalized spacial score (nSPS) is 13.8. The lowest BCUT2D eigenvalue weighted by molar-refractivity contribution is 0.0684. The molecular weight excluding hydrogens is 308 g/mol. The molecule has 1 amide bonds. The quantitative estimate of drug-likeness (QED) is 0.939. The number of fused-ring (bicyclic) bond motifs is 1. The van der Waals surface area contributed by atoms with E-state index in [1.54, 1.807) is 17.0 Å². The molecule has 2 aromatic rings. The molecule has 7 heteroatoms. The number of halogens is 1. The van der Waals surface area contributed by atoms with Crippen molar-refractivity contribution >= 4 is 23.5 Å². The Morgan fingerprint density at radius 2 is 2.14 bits per heavy atom. The molecule has 2 heterocycles. The summed E-state index contributed by atoms with van der Waals surface area (Å²) in [5.41, 5.74) is 1.72. The fourth-order valence-corrected chi connectivity index (χ4v) is 2.82. The van der Waals surface area contributed by atoms with Crippen molar-refractivity contribution in [2.24, 2.45) is 0 Å². The summed E-state index contributed by atoms with van der Waals surface area (Å²) >= 11 is 6.23. The first-order chi connectivity index (χ1) is 10.4. The van der Waals surface area contributed by atoms with E-state index < -0.39 is 5.97 Å². The lowest BCUT2D eigenvalue weighted by atomic mass is 10.0. The maximum Gasteiger partial charge on any atom is 0.358 e. The van der Waals surface area contributed by atoms with Gasteiger partial charge in [0.15, 0.2) is 11.5 Å². The van der Waals surface area contributed by atoms with Gasteiger partial charge in [0, 0.05) is 24.2 Å². The van der Waals surface area contributed by atoms with Crippen LogP contribution < -0.4 is 0 Å². The van der Waals surface area contributed by atoms with Crippen molar-refractivity contribution in [2.45, 2.75) is 26.4 Å². The van der Waals surface area contributed by atoms with Gasteiger partial charge < -0.3 is 14.5 Å². The summed E-state index contributed by atoms with van der Waals surface area (Å²) in [4.78, 5) is 24.9. The average Bonchev–Trinajstić information content (AvgIpc) is 3.03. The van der Waals surface area contributed by atoms with Crippen LogP contribution in [0.3, 0.4) is 0 Å². The summed E-state index contributed by atoms with van der Waals surface area (Å²) in [7, 11) is 0. The topological polar surface area (TPSA) is 83.6 Å². The van der Waals surface area contributed by atoms with Gasteiger partial charge in [-0.15, -0.1) is 0 Å². The number of hydrogen-bond donors (Lipinski definition) is 1. The van der Waals surface area contributed by atoms with Gasteiger partial charge in [0.25, 0.3) is 5.91 Å². The number of nitrogens with zero attached hydrogens (tertiary/aromatic N) is 2. The molecule has 1 aliphatic heterocycles. The van der Waals surface area contributed by atoms with Crippen LogP contribution in [0.15, 0.2) is 22.7 Å².